The Hall–Kier alpha value is -3.24. The number of aryl methyl sites for hydroxylation is 1. The minimum absolute atomic E-state index is 0.0219. The highest BCUT2D eigenvalue weighted by Crippen LogP contribution is 2.27. The van der Waals surface area contributed by atoms with Crippen molar-refractivity contribution in [2.45, 2.75) is 6.92 Å². The van der Waals surface area contributed by atoms with Crippen molar-refractivity contribution in [1.29, 1.82) is 0 Å². The van der Waals surface area contributed by atoms with Gasteiger partial charge in [0.25, 0.3) is 5.69 Å². The number of thiazole rings is 1. The molecule has 154 valence electrons. The van der Waals surface area contributed by atoms with Gasteiger partial charge in [-0.15, -0.1) is 23.1 Å². The van der Waals surface area contributed by atoms with Crippen molar-refractivity contribution in [2.75, 3.05) is 22.1 Å². The molecule has 0 saturated heterocycles. The van der Waals surface area contributed by atoms with E-state index in [9.17, 15) is 19.7 Å². The van der Waals surface area contributed by atoms with E-state index in [4.69, 9.17) is 0 Å². The molecule has 30 heavy (non-hydrogen) atoms. The predicted octanol–water partition coefficient (Wildman–Crippen LogP) is 4.34. The van der Waals surface area contributed by atoms with Gasteiger partial charge in [-0.1, -0.05) is 29.8 Å². The third-order valence-corrected chi connectivity index (χ3v) is 5.60. The quantitative estimate of drug-likeness (QED) is 0.396. The summed E-state index contributed by atoms with van der Waals surface area (Å²) >= 11 is 2.43. The maximum Gasteiger partial charge on any atom is 0.270 e. The van der Waals surface area contributed by atoms with Gasteiger partial charge in [-0.05, 0) is 19.1 Å². The fourth-order valence-corrected chi connectivity index (χ4v) is 3.82. The zero-order valence-corrected chi connectivity index (χ0v) is 17.6. The third kappa shape index (κ3) is 6.13. The van der Waals surface area contributed by atoms with E-state index in [0.717, 1.165) is 5.56 Å². The normalized spacial score (nSPS) is 10.4. The Morgan fingerprint density at radius 3 is 2.50 bits per heavy atom. The average molecular weight is 443 g/mol. The van der Waals surface area contributed by atoms with Crippen molar-refractivity contribution in [3.63, 3.8) is 0 Å². The molecule has 0 aliphatic carbocycles. The maximum atomic E-state index is 12.1. The molecule has 0 unspecified atom stereocenters. The molecule has 0 fully saturated rings. The highest BCUT2D eigenvalue weighted by Gasteiger charge is 2.12. The van der Waals surface area contributed by atoms with Gasteiger partial charge in [0, 0.05) is 28.8 Å². The molecule has 1 heterocycles. The summed E-state index contributed by atoms with van der Waals surface area (Å²) < 4.78 is 0. The summed E-state index contributed by atoms with van der Waals surface area (Å²) in [6.07, 6.45) is 0. The number of hydrogen-bond acceptors (Lipinski definition) is 7. The van der Waals surface area contributed by atoms with Crippen LogP contribution in [0.4, 0.5) is 16.5 Å². The lowest BCUT2D eigenvalue weighted by Crippen LogP contribution is -2.18. The first-order chi connectivity index (χ1) is 14.4. The van der Waals surface area contributed by atoms with Crippen LogP contribution in [0.15, 0.2) is 53.9 Å². The van der Waals surface area contributed by atoms with Gasteiger partial charge < -0.3 is 10.6 Å². The Labute approximate surface area is 180 Å². The molecular weight excluding hydrogens is 424 g/mol. The molecule has 0 saturated carbocycles. The van der Waals surface area contributed by atoms with Crippen molar-refractivity contribution in [3.05, 3.63) is 69.6 Å². The highest BCUT2D eigenvalue weighted by atomic mass is 32.2. The van der Waals surface area contributed by atoms with Gasteiger partial charge in [-0.3, -0.25) is 19.7 Å². The number of anilines is 2. The predicted molar refractivity (Wildman–Crippen MR) is 120 cm³/mol. The van der Waals surface area contributed by atoms with Crippen molar-refractivity contribution in [2.24, 2.45) is 0 Å². The number of nitro benzene ring substituents is 1. The van der Waals surface area contributed by atoms with E-state index in [1.54, 1.807) is 17.5 Å². The van der Waals surface area contributed by atoms with Crippen LogP contribution in [0.2, 0.25) is 0 Å². The van der Waals surface area contributed by atoms with E-state index in [0.29, 0.717) is 22.1 Å². The third-order valence-electron chi connectivity index (χ3n) is 3.90. The van der Waals surface area contributed by atoms with Gasteiger partial charge in [0.15, 0.2) is 5.13 Å². The van der Waals surface area contributed by atoms with Crippen molar-refractivity contribution < 1.29 is 14.5 Å². The lowest BCUT2D eigenvalue weighted by Gasteiger charge is -2.05. The van der Waals surface area contributed by atoms with Crippen molar-refractivity contribution in [3.8, 4) is 11.3 Å². The standard InChI is InChI=1S/C20H18N4O4S2/c1-13-5-7-15(8-6-13)21-18(25)11-29-12-19(26)23-20-22-17(10-30-20)14-3-2-4-16(9-14)24(27)28/h2-10H,11-12H2,1H3,(H,21,25)(H,22,23,26). The van der Waals surface area contributed by atoms with E-state index >= 15 is 0 Å². The molecule has 3 rings (SSSR count). The average Bonchev–Trinajstić information content (AvgIpc) is 3.18. The van der Waals surface area contributed by atoms with E-state index < -0.39 is 4.92 Å². The molecule has 3 aromatic rings. The van der Waals surface area contributed by atoms with Crippen LogP contribution < -0.4 is 10.6 Å². The van der Waals surface area contributed by atoms with Gasteiger partial charge in [-0.25, -0.2) is 4.98 Å². The van der Waals surface area contributed by atoms with Crippen LogP contribution >= 0.6 is 23.1 Å². The molecule has 2 amide bonds. The van der Waals surface area contributed by atoms with Crippen LogP contribution in [0, 0.1) is 17.0 Å². The molecule has 0 aliphatic rings. The fraction of sp³-hybridized carbons (Fsp3) is 0.150. The summed E-state index contributed by atoms with van der Waals surface area (Å²) in [6.45, 7) is 1.97. The minimum Gasteiger partial charge on any atom is -0.325 e. The minimum atomic E-state index is -0.467. The number of nitrogens with zero attached hydrogens (tertiary/aromatic N) is 2. The monoisotopic (exact) mass is 442 g/mol. The molecule has 2 N–H and O–H groups in total. The molecular formula is C20H18N4O4S2. The number of aromatic nitrogens is 1. The van der Waals surface area contributed by atoms with Gasteiger partial charge in [-0.2, -0.15) is 0 Å². The summed E-state index contributed by atoms with van der Waals surface area (Å²) in [5.74, 6) is -0.201. The smallest absolute Gasteiger partial charge is 0.270 e. The molecule has 2 aromatic carbocycles. The van der Waals surface area contributed by atoms with Gasteiger partial charge in [0.1, 0.15) is 0 Å². The summed E-state index contributed by atoms with van der Waals surface area (Å²) in [4.78, 5) is 38.8. The lowest BCUT2D eigenvalue weighted by atomic mass is 10.1. The Bertz CT molecular complexity index is 1070. The molecule has 0 aliphatic heterocycles. The van der Waals surface area contributed by atoms with Crippen molar-refractivity contribution in [1.82, 2.24) is 4.98 Å². The SMILES string of the molecule is Cc1ccc(NC(=O)CSCC(=O)Nc2nc(-c3cccc([N+](=O)[O-])c3)cs2)cc1. The lowest BCUT2D eigenvalue weighted by molar-refractivity contribution is -0.384. The van der Waals surface area contributed by atoms with Crippen LogP contribution in [0.3, 0.4) is 0 Å². The molecule has 10 heteroatoms. The number of carbonyl (C=O) groups excluding carboxylic acids is 2. The summed E-state index contributed by atoms with van der Waals surface area (Å²) in [6, 6.07) is 13.6. The van der Waals surface area contributed by atoms with Crippen LogP contribution in [-0.2, 0) is 9.59 Å². The molecule has 0 radical (unpaired) electrons. The zero-order valence-electron chi connectivity index (χ0n) is 16.0. The molecule has 0 spiro atoms. The van der Waals surface area contributed by atoms with Crippen molar-refractivity contribution >= 4 is 51.4 Å². The molecule has 0 bridgehead atoms. The van der Waals surface area contributed by atoms with Gasteiger partial charge in [0.2, 0.25) is 11.8 Å². The zero-order chi connectivity index (χ0) is 21.5. The van der Waals surface area contributed by atoms with E-state index in [2.05, 4.69) is 15.6 Å². The Morgan fingerprint density at radius 2 is 1.80 bits per heavy atom. The van der Waals surface area contributed by atoms with E-state index in [1.165, 1.54) is 35.2 Å². The second kappa shape index (κ2) is 9.99. The van der Waals surface area contributed by atoms with E-state index in [-0.39, 0.29) is 29.0 Å². The number of nitrogens with one attached hydrogen (secondary N) is 2. The van der Waals surface area contributed by atoms with Crippen LogP contribution in [0.5, 0.6) is 0 Å². The van der Waals surface area contributed by atoms with Gasteiger partial charge in [0.05, 0.1) is 22.1 Å². The Kier molecular flexibility index (Phi) is 7.15. The van der Waals surface area contributed by atoms with E-state index in [1.807, 2.05) is 31.2 Å². The second-order valence-corrected chi connectivity index (χ2v) is 8.14. The Morgan fingerprint density at radius 1 is 1.10 bits per heavy atom. The largest absolute Gasteiger partial charge is 0.325 e. The second-order valence-electron chi connectivity index (χ2n) is 6.30. The number of carbonyl (C=O) groups is 2. The molecule has 1 aromatic heterocycles. The summed E-state index contributed by atoms with van der Waals surface area (Å²) in [5.41, 5.74) is 2.95. The number of hydrogen-bond donors (Lipinski definition) is 2. The number of rotatable bonds is 8. The number of nitro groups is 1. The first kappa shape index (κ1) is 21.5. The number of non-ortho nitro benzene ring substituents is 1. The fourth-order valence-electron chi connectivity index (χ4n) is 2.47. The van der Waals surface area contributed by atoms with Crippen LogP contribution in [0.25, 0.3) is 11.3 Å². The Balaban J connectivity index is 1.46. The van der Waals surface area contributed by atoms with Crippen LogP contribution in [0.1, 0.15) is 5.56 Å². The first-order valence-electron chi connectivity index (χ1n) is 8.85. The summed E-state index contributed by atoms with van der Waals surface area (Å²) in [7, 11) is 0. The summed E-state index contributed by atoms with van der Waals surface area (Å²) in [5, 5.41) is 18.5. The number of thioether (sulfide) groups is 1. The molecule has 8 nitrogen and oxygen atoms in total. The maximum absolute atomic E-state index is 12.1. The molecule has 0 atom stereocenters. The number of benzene rings is 2. The first-order valence-corrected chi connectivity index (χ1v) is 10.9. The topological polar surface area (TPSA) is 114 Å². The highest BCUT2D eigenvalue weighted by molar-refractivity contribution is 8.00. The van der Waals surface area contributed by atoms with Gasteiger partial charge >= 0.3 is 0 Å². The number of amides is 2. The van der Waals surface area contributed by atoms with Crippen LogP contribution in [-0.4, -0.2) is 33.2 Å².